The van der Waals surface area contributed by atoms with Crippen LogP contribution in [0.4, 0.5) is 0 Å². The van der Waals surface area contributed by atoms with Gasteiger partial charge in [0.15, 0.2) is 6.10 Å². The van der Waals surface area contributed by atoms with Gasteiger partial charge in [-0.05, 0) is 148 Å². The summed E-state index contributed by atoms with van der Waals surface area (Å²) in [5, 5.41) is 20.7. The van der Waals surface area contributed by atoms with E-state index in [4.69, 9.17) is 32.3 Å². The zero-order valence-corrected chi connectivity index (χ0v) is 75.9. The van der Waals surface area contributed by atoms with Gasteiger partial charge in [0.05, 0.1) is 26.4 Å². The van der Waals surface area contributed by atoms with Crippen LogP contribution in [0.15, 0.2) is 158 Å². The second-order valence-corrected chi connectivity index (χ2v) is 34.0. The molecule has 18 heteroatoms. The smallest absolute Gasteiger partial charge is 0.463 e. The Morgan fingerprint density at radius 3 is 0.718 bits per heavy atom. The highest BCUT2D eigenvalue weighted by Crippen LogP contribution is 2.45. The van der Waals surface area contributed by atoms with Gasteiger partial charge >= 0.3 is 33.6 Å². The largest absolute Gasteiger partial charge is 0.472 e. The Morgan fingerprint density at radius 1 is 0.248 bits per heavy atom. The molecule has 0 aliphatic heterocycles. The van der Waals surface area contributed by atoms with Crippen molar-refractivity contribution in [2.75, 3.05) is 39.6 Å². The van der Waals surface area contributed by atoms with Crippen LogP contribution in [0.2, 0.25) is 0 Å². The lowest BCUT2D eigenvalue weighted by Gasteiger charge is -2.21. The molecule has 0 spiro atoms. The highest BCUT2D eigenvalue weighted by Gasteiger charge is 2.29. The summed E-state index contributed by atoms with van der Waals surface area (Å²) in [4.78, 5) is 59.0. The number of phosphoric ester groups is 2. The molecule has 0 aromatic carbocycles. The molecule has 117 heavy (non-hydrogen) atoms. The van der Waals surface area contributed by atoms with Gasteiger partial charge in [0.25, 0.3) is 0 Å². The van der Waals surface area contributed by atoms with E-state index in [1.165, 1.54) is 167 Å². The summed E-state index contributed by atoms with van der Waals surface area (Å²) in [5.41, 5.74) is 0. The van der Waals surface area contributed by atoms with Crippen LogP contribution in [0.5, 0.6) is 0 Å². The second-order valence-electron chi connectivity index (χ2n) is 31.0. The molecule has 0 aromatic rings. The summed E-state index contributed by atoms with van der Waals surface area (Å²) in [6.45, 7) is 2.46. The molecule has 0 saturated heterocycles. The van der Waals surface area contributed by atoms with E-state index in [2.05, 4.69) is 179 Å². The SMILES string of the molecule is CC/C=C\C/C=C\C/C=C\C/C=C\C/C=C\CCCCCCCCCCCCCC(=O)OCC(COP(=O)(O)OCC(O)COP(=O)(O)OCC(O)COC(=O)CCCCCCCCCCCCCCCCCCCCC/C=C\C/C=C\C/C=C\C/C=C\CCCCC)OC(=O)CCCCCCCC/C=C\C/C=C\C/C=C\C/C=C\CC. The highest BCUT2D eigenvalue weighted by molar-refractivity contribution is 7.47. The number of carbonyl (C=O) groups excluding carboxylic acids is 3. The van der Waals surface area contributed by atoms with E-state index in [-0.39, 0.29) is 19.3 Å². The first-order valence-electron chi connectivity index (χ1n) is 46.8. The fraction of sp³-hybridized carbons (Fsp3) is 0.707. The molecule has 5 unspecified atom stereocenters. The third-order valence-corrected chi connectivity index (χ3v) is 21.6. The number of hydrogen-bond donors (Lipinski definition) is 4. The number of hydrogen-bond acceptors (Lipinski definition) is 14. The van der Waals surface area contributed by atoms with Gasteiger partial charge in [0.2, 0.25) is 0 Å². The number of allylic oxidation sites excluding steroid dienone is 26. The molecule has 0 rings (SSSR count). The van der Waals surface area contributed by atoms with Crippen LogP contribution in [0.25, 0.3) is 0 Å². The van der Waals surface area contributed by atoms with Crippen LogP contribution >= 0.6 is 15.6 Å². The number of aliphatic hydroxyl groups is 2. The molecule has 0 aliphatic carbocycles. The Bertz CT molecular complexity index is 2760. The van der Waals surface area contributed by atoms with Gasteiger partial charge in [-0.3, -0.25) is 32.5 Å². The van der Waals surface area contributed by atoms with Gasteiger partial charge in [-0.1, -0.05) is 384 Å². The van der Waals surface area contributed by atoms with E-state index >= 15 is 0 Å². The third-order valence-electron chi connectivity index (χ3n) is 19.7. The van der Waals surface area contributed by atoms with Crippen molar-refractivity contribution in [3.05, 3.63) is 158 Å². The molecule has 5 atom stereocenters. The number of rotatable bonds is 88. The number of carbonyl (C=O) groups is 3. The van der Waals surface area contributed by atoms with Crippen LogP contribution in [-0.2, 0) is 55.8 Å². The molecule has 0 bridgehead atoms. The minimum Gasteiger partial charge on any atom is -0.463 e. The van der Waals surface area contributed by atoms with Crippen LogP contribution < -0.4 is 0 Å². The van der Waals surface area contributed by atoms with Gasteiger partial charge in [0, 0.05) is 19.3 Å². The summed E-state index contributed by atoms with van der Waals surface area (Å²) >= 11 is 0. The molecule has 16 nitrogen and oxygen atoms in total. The predicted octanol–water partition coefficient (Wildman–Crippen LogP) is 28.9. The van der Waals surface area contributed by atoms with Crippen LogP contribution in [0.1, 0.15) is 393 Å². The zero-order valence-electron chi connectivity index (χ0n) is 74.1. The molecule has 0 heterocycles. The summed E-state index contributed by atoms with van der Waals surface area (Å²) in [5.74, 6) is -1.58. The molecule has 0 radical (unpaired) electrons. The maximum atomic E-state index is 13.0. The van der Waals surface area contributed by atoms with Crippen molar-refractivity contribution in [1.29, 1.82) is 0 Å². The number of phosphoric acid groups is 2. The molecule has 0 aromatic heterocycles. The van der Waals surface area contributed by atoms with Crippen molar-refractivity contribution in [2.24, 2.45) is 0 Å². The molecular formula is C99H170O16P2. The molecule has 0 fully saturated rings. The maximum Gasteiger partial charge on any atom is 0.472 e. The summed E-state index contributed by atoms with van der Waals surface area (Å²) in [7, 11) is -9.81. The molecular weight excluding hydrogens is 1510 g/mol. The monoisotopic (exact) mass is 1680 g/mol. The van der Waals surface area contributed by atoms with Gasteiger partial charge in [0.1, 0.15) is 25.4 Å². The van der Waals surface area contributed by atoms with Crippen molar-refractivity contribution < 1.29 is 75.8 Å². The highest BCUT2D eigenvalue weighted by atomic mass is 31.2. The predicted molar refractivity (Wildman–Crippen MR) is 491 cm³/mol. The van der Waals surface area contributed by atoms with Gasteiger partial charge < -0.3 is 34.2 Å². The Hall–Kier alpha value is -4.83. The van der Waals surface area contributed by atoms with E-state index in [0.717, 1.165) is 167 Å². The summed E-state index contributed by atoms with van der Waals surface area (Å²) in [6, 6.07) is 0. The first kappa shape index (κ1) is 112. The van der Waals surface area contributed by atoms with Crippen LogP contribution in [0, 0.1) is 0 Å². The number of aliphatic hydroxyl groups excluding tert-OH is 2. The quantitative estimate of drug-likeness (QED) is 0.0146. The Balaban J connectivity index is 4.50. The Morgan fingerprint density at radius 2 is 0.453 bits per heavy atom. The lowest BCUT2D eigenvalue weighted by Crippen LogP contribution is -2.30. The lowest BCUT2D eigenvalue weighted by molar-refractivity contribution is -0.161. The molecule has 0 amide bonds. The molecule has 4 N–H and O–H groups in total. The number of unbranched alkanes of at least 4 members (excludes halogenated alkanes) is 39. The minimum atomic E-state index is -4.95. The standard InChI is InChI=1S/C99H170O16P2/c1-4-7-10-13-16-19-22-25-28-31-34-36-38-40-42-43-44-45-46-47-48-49-51-53-54-56-59-61-64-67-70-73-76-79-82-85-97(102)109-88-94(100)89-111-116(105,106)112-90-95(101)91-113-117(107,108)114-93-96(115-99(104)87-84-81-78-75-72-69-66-63-58-33-30-27-24-21-18-15-12-9-6-3)92-110-98(103)86-83-80-77-74-71-68-65-62-60-57-55-52-50-41-39-37-35-32-29-26-23-20-17-14-11-8-5-2/h8-9,11-12,16-21,25-30,34-37,40-42,50,58,63,94-96,100-101H,4-7,10,13-15,22-24,31-33,38-39,43-49,51-57,59-62,64-93H2,1-3H3,(H,105,106)(H,107,108)/b11-8-,12-9-,19-16-,20-17-,21-18-,28-25-,29-26-,30-27-,36-34-,37-35-,42-40-,50-41-,63-58-. The van der Waals surface area contributed by atoms with E-state index in [9.17, 15) is 43.5 Å². The van der Waals surface area contributed by atoms with E-state index in [1.54, 1.807) is 0 Å². The van der Waals surface area contributed by atoms with Gasteiger partial charge in [-0.15, -0.1) is 0 Å². The number of esters is 3. The van der Waals surface area contributed by atoms with Gasteiger partial charge in [-0.2, -0.15) is 0 Å². The van der Waals surface area contributed by atoms with Crippen LogP contribution in [-0.4, -0.2) is 95.9 Å². The average Bonchev–Trinajstić information content (AvgIpc) is 1.00. The van der Waals surface area contributed by atoms with Gasteiger partial charge in [-0.25, -0.2) is 9.13 Å². The second kappa shape index (κ2) is 90.4. The molecule has 672 valence electrons. The van der Waals surface area contributed by atoms with Crippen LogP contribution in [0.3, 0.4) is 0 Å². The topological polar surface area (TPSA) is 231 Å². The van der Waals surface area contributed by atoms with Crippen molar-refractivity contribution in [1.82, 2.24) is 0 Å². The Kier molecular flexibility index (Phi) is 86.7. The molecule has 0 saturated carbocycles. The van der Waals surface area contributed by atoms with Crippen molar-refractivity contribution in [2.45, 2.75) is 411 Å². The third kappa shape index (κ3) is 91.7. The van der Waals surface area contributed by atoms with Crippen molar-refractivity contribution in [3.8, 4) is 0 Å². The molecule has 0 aliphatic rings. The maximum absolute atomic E-state index is 13.0. The normalized spacial score (nSPS) is 14.5. The first-order chi connectivity index (χ1) is 57.2. The zero-order chi connectivity index (χ0) is 85.1. The number of ether oxygens (including phenoxy) is 3. The minimum absolute atomic E-state index is 0.0844. The first-order valence-corrected chi connectivity index (χ1v) is 49.8. The fourth-order valence-corrected chi connectivity index (χ4v) is 14.3. The van der Waals surface area contributed by atoms with E-state index < -0.39 is 91.5 Å². The van der Waals surface area contributed by atoms with Crippen molar-refractivity contribution >= 4 is 33.6 Å². The van der Waals surface area contributed by atoms with E-state index in [1.807, 2.05) is 0 Å². The van der Waals surface area contributed by atoms with E-state index in [0.29, 0.717) is 19.3 Å². The fourth-order valence-electron chi connectivity index (χ4n) is 12.7. The summed E-state index contributed by atoms with van der Waals surface area (Å²) in [6.07, 6.45) is 116. The van der Waals surface area contributed by atoms with Crippen molar-refractivity contribution in [3.63, 3.8) is 0 Å². The lowest BCUT2D eigenvalue weighted by atomic mass is 10.0. The summed E-state index contributed by atoms with van der Waals surface area (Å²) < 4.78 is 61.5. The average molecular weight is 1680 g/mol. The Labute approximate surface area is 714 Å².